The first kappa shape index (κ1) is 11.5. The van der Waals surface area contributed by atoms with Crippen molar-refractivity contribution in [1.82, 2.24) is 0 Å². The number of hydrogen-bond acceptors (Lipinski definition) is 3. The molecule has 0 aliphatic rings. The Morgan fingerprint density at radius 2 is 1.76 bits per heavy atom. The van der Waals surface area contributed by atoms with E-state index in [2.05, 4.69) is 24.5 Å². The molecule has 17 heavy (non-hydrogen) atoms. The first-order valence-electron chi connectivity index (χ1n) is 5.53. The number of nitrogens with two attached hydrogens (primary N) is 1. The third-order valence-electron chi connectivity index (χ3n) is 2.68. The molecule has 0 saturated heterocycles. The first-order chi connectivity index (χ1) is 8.29. The van der Waals surface area contributed by atoms with Gasteiger partial charge in [-0.1, -0.05) is 24.3 Å². The molecule has 2 aromatic rings. The standard InChI is InChI=1S/C14H16N2O/c1-11-4-2-3-5-12(11)10-17-14-8-6-13(16-15)7-9-14/h2-9,16H,10,15H2,1H3. The van der Waals surface area contributed by atoms with Crippen molar-refractivity contribution in [2.45, 2.75) is 13.5 Å². The van der Waals surface area contributed by atoms with E-state index < -0.39 is 0 Å². The first-order valence-corrected chi connectivity index (χ1v) is 5.53. The van der Waals surface area contributed by atoms with Gasteiger partial charge >= 0.3 is 0 Å². The van der Waals surface area contributed by atoms with Crippen LogP contribution in [0.15, 0.2) is 48.5 Å². The van der Waals surface area contributed by atoms with E-state index in [0.717, 1.165) is 11.4 Å². The lowest BCUT2D eigenvalue weighted by Gasteiger charge is -2.09. The van der Waals surface area contributed by atoms with E-state index >= 15 is 0 Å². The number of benzene rings is 2. The van der Waals surface area contributed by atoms with Gasteiger partial charge in [0, 0.05) is 5.69 Å². The highest BCUT2D eigenvalue weighted by atomic mass is 16.5. The third kappa shape index (κ3) is 2.98. The van der Waals surface area contributed by atoms with Gasteiger partial charge in [-0.25, -0.2) is 0 Å². The largest absolute Gasteiger partial charge is 0.489 e. The summed E-state index contributed by atoms with van der Waals surface area (Å²) in [5, 5.41) is 0. The molecule has 3 N–H and O–H groups in total. The smallest absolute Gasteiger partial charge is 0.119 e. The number of hydrazine groups is 1. The highest BCUT2D eigenvalue weighted by Gasteiger charge is 1.98. The average molecular weight is 228 g/mol. The van der Waals surface area contributed by atoms with Gasteiger partial charge < -0.3 is 10.2 Å². The number of ether oxygens (including phenoxy) is 1. The molecule has 2 rings (SSSR count). The van der Waals surface area contributed by atoms with Crippen LogP contribution in [0, 0.1) is 6.92 Å². The predicted octanol–water partition coefficient (Wildman–Crippen LogP) is 2.86. The van der Waals surface area contributed by atoms with E-state index in [4.69, 9.17) is 10.6 Å². The normalized spacial score (nSPS) is 10.0. The Bertz CT molecular complexity index is 480. The van der Waals surface area contributed by atoms with Crippen molar-refractivity contribution in [2.75, 3.05) is 5.43 Å². The van der Waals surface area contributed by atoms with Crippen LogP contribution < -0.4 is 16.0 Å². The van der Waals surface area contributed by atoms with E-state index in [-0.39, 0.29) is 0 Å². The number of nitrogen functional groups attached to an aromatic ring is 1. The molecule has 0 amide bonds. The fourth-order valence-corrected chi connectivity index (χ4v) is 1.58. The average Bonchev–Trinajstić information content (AvgIpc) is 2.38. The van der Waals surface area contributed by atoms with Crippen molar-refractivity contribution >= 4 is 5.69 Å². The highest BCUT2D eigenvalue weighted by Crippen LogP contribution is 2.17. The van der Waals surface area contributed by atoms with Gasteiger partial charge in [0.25, 0.3) is 0 Å². The Balaban J connectivity index is 2.00. The van der Waals surface area contributed by atoms with Crippen LogP contribution in [-0.2, 0) is 6.61 Å². The molecule has 3 nitrogen and oxygen atoms in total. The van der Waals surface area contributed by atoms with Crippen LogP contribution in [0.4, 0.5) is 5.69 Å². The Labute approximate surface area is 101 Å². The van der Waals surface area contributed by atoms with Crippen molar-refractivity contribution < 1.29 is 4.74 Å². The summed E-state index contributed by atoms with van der Waals surface area (Å²) in [5.74, 6) is 6.13. The Morgan fingerprint density at radius 1 is 1.06 bits per heavy atom. The second-order valence-electron chi connectivity index (χ2n) is 3.88. The summed E-state index contributed by atoms with van der Waals surface area (Å²) >= 11 is 0. The SMILES string of the molecule is Cc1ccccc1COc1ccc(NN)cc1. The molecular weight excluding hydrogens is 212 g/mol. The topological polar surface area (TPSA) is 47.3 Å². The monoisotopic (exact) mass is 228 g/mol. The summed E-state index contributed by atoms with van der Waals surface area (Å²) in [7, 11) is 0. The van der Waals surface area contributed by atoms with E-state index in [1.54, 1.807) is 0 Å². The van der Waals surface area contributed by atoms with E-state index in [1.165, 1.54) is 11.1 Å². The quantitative estimate of drug-likeness (QED) is 0.625. The van der Waals surface area contributed by atoms with E-state index in [1.807, 2.05) is 36.4 Å². The van der Waals surface area contributed by atoms with Gasteiger partial charge in [-0.05, 0) is 42.3 Å². The molecule has 0 spiro atoms. The molecule has 0 aliphatic heterocycles. The van der Waals surface area contributed by atoms with Gasteiger partial charge in [0.15, 0.2) is 0 Å². The molecule has 0 unspecified atom stereocenters. The number of anilines is 1. The zero-order chi connectivity index (χ0) is 12.1. The molecule has 0 saturated carbocycles. The van der Waals surface area contributed by atoms with Crippen molar-refractivity contribution in [3.63, 3.8) is 0 Å². The number of aryl methyl sites for hydroxylation is 1. The van der Waals surface area contributed by atoms with Gasteiger partial charge in [-0.15, -0.1) is 0 Å². The van der Waals surface area contributed by atoms with Gasteiger partial charge in [0.2, 0.25) is 0 Å². The van der Waals surface area contributed by atoms with Crippen molar-refractivity contribution in [1.29, 1.82) is 0 Å². The molecule has 3 heteroatoms. The molecule has 0 aliphatic carbocycles. The second-order valence-corrected chi connectivity index (χ2v) is 3.88. The Hall–Kier alpha value is -2.00. The summed E-state index contributed by atoms with van der Waals surface area (Å²) in [6.45, 7) is 2.67. The Morgan fingerprint density at radius 3 is 2.41 bits per heavy atom. The molecule has 0 atom stereocenters. The van der Waals surface area contributed by atoms with Crippen LogP contribution in [0.25, 0.3) is 0 Å². The predicted molar refractivity (Wildman–Crippen MR) is 69.8 cm³/mol. The van der Waals surface area contributed by atoms with Crippen molar-refractivity contribution in [2.24, 2.45) is 5.84 Å². The van der Waals surface area contributed by atoms with Crippen LogP contribution in [0.5, 0.6) is 5.75 Å². The lowest BCUT2D eigenvalue weighted by Crippen LogP contribution is -2.06. The lowest BCUT2D eigenvalue weighted by molar-refractivity contribution is 0.305. The van der Waals surface area contributed by atoms with E-state index in [0.29, 0.717) is 6.61 Å². The Kier molecular flexibility index (Phi) is 3.62. The highest BCUT2D eigenvalue weighted by molar-refractivity contribution is 5.45. The van der Waals surface area contributed by atoms with Crippen LogP contribution >= 0.6 is 0 Å². The maximum absolute atomic E-state index is 5.70. The summed E-state index contributed by atoms with van der Waals surface area (Å²) in [4.78, 5) is 0. The molecule has 0 aromatic heterocycles. The summed E-state index contributed by atoms with van der Waals surface area (Å²) < 4.78 is 5.70. The van der Waals surface area contributed by atoms with Crippen LogP contribution in [0.2, 0.25) is 0 Å². The van der Waals surface area contributed by atoms with Crippen molar-refractivity contribution in [3.05, 3.63) is 59.7 Å². The summed E-state index contributed by atoms with van der Waals surface area (Å²) in [5.41, 5.74) is 5.90. The minimum absolute atomic E-state index is 0.585. The van der Waals surface area contributed by atoms with Crippen LogP contribution in [-0.4, -0.2) is 0 Å². The minimum Gasteiger partial charge on any atom is -0.489 e. The summed E-state index contributed by atoms with van der Waals surface area (Å²) in [6.07, 6.45) is 0. The third-order valence-corrected chi connectivity index (χ3v) is 2.68. The molecule has 0 fully saturated rings. The molecule has 88 valence electrons. The molecule has 0 radical (unpaired) electrons. The zero-order valence-corrected chi connectivity index (χ0v) is 9.81. The minimum atomic E-state index is 0.585. The molecule has 2 aromatic carbocycles. The maximum Gasteiger partial charge on any atom is 0.119 e. The van der Waals surface area contributed by atoms with Gasteiger partial charge in [0.1, 0.15) is 12.4 Å². The number of rotatable bonds is 4. The van der Waals surface area contributed by atoms with Crippen LogP contribution in [0.3, 0.4) is 0 Å². The molecule has 0 heterocycles. The molecular formula is C14H16N2O. The lowest BCUT2D eigenvalue weighted by atomic mass is 10.1. The number of hydrogen-bond donors (Lipinski definition) is 2. The summed E-state index contributed by atoms with van der Waals surface area (Å²) in [6, 6.07) is 15.8. The van der Waals surface area contributed by atoms with Crippen LogP contribution in [0.1, 0.15) is 11.1 Å². The zero-order valence-electron chi connectivity index (χ0n) is 9.81. The van der Waals surface area contributed by atoms with Crippen molar-refractivity contribution in [3.8, 4) is 5.75 Å². The van der Waals surface area contributed by atoms with Gasteiger partial charge in [-0.3, -0.25) is 5.84 Å². The fraction of sp³-hybridized carbons (Fsp3) is 0.143. The number of nitrogens with one attached hydrogen (secondary N) is 1. The maximum atomic E-state index is 5.70. The molecule has 0 bridgehead atoms. The fourth-order valence-electron chi connectivity index (χ4n) is 1.58. The van der Waals surface area contributed by atoms with E-state index in [9.17, 15) is 0 Å². The second kappa shape index (κ2) is 5.37. The van der Waals surface area contributed by atoms with Gasteiger partial charge in [-0.2, -0.15) is 0 Å². The van der Waals surface area contributed by atoms with Gasteiger partial charge in [0.05, 0.1) is 0 Å².